The van der Waals surface area contributed by atoms with E-state index in [1.54, 1.807) is 6.20 Å². The number of hydrazine groups is 1. The average molecular weight is 250 g/mol. The molecule has 0 saturated heterocycles. The van der Waals surface area contributed by atoms with Crippen LogP contribution in [-0.2, 0) is 0 Å². The third kappa shape index (κ3) is 2.19. The molecule has 0 fully saturated rings. The van der Waals surface area contributed by atoms with Gasteiger partial charge in [0.15, 0.2) is 0 Å². The highest BCUT2D eigenvalue weighted by Crippen LogP contribution is 2.27. The van der Waals surface area contributed by atoms with Crippen LogP contribution in [-0.4, -0.2) is 9.97 Å². The van der Waals surface area contributed by atoms with E-state index in [1.807, 2.05) is 24.3 Å². The van der Waals surface area contributed by atoms with Crippen LogP contribution in [0.2, 0.25) is 0 Å². The van der Waals surface area contributed by atoms with Crippen molar-refractivity contribution in [3.8, 4) is 0 Å². The van der Waals surface area contributed by atoms with E-state index in [4.69, 9.17) is 5.84 Å². The lowest BCUT2D eigenvalue weighted by Crippen LogP contribution is -2.29. The van der Waals surface area contributed by atoms with Gasteiger partial charge in [-0.2, -0.15) is 0 Å². The maximum Gasteiger partial charge on any atom is 0.115 e. The van der Waals surface area contributed by atoms with Crippen molar-refractivity contribution in [1.82, 2.24) is 15.4 Å². The van der Waals surface area contributed by atoms with Crippen molar-refractivity contribution in [1.29, 1.82) is 0 Å². The number of hydrogen-bond donors (Lipinski definition) is 2. The molecule has 1 aromatic heterocycles. The molecule has 0 spiro atoms. The van der Waals surface area contributed by atoms with Crippen LogP contribution in [0.1, 0.15) is 17.3 Å². The molecular formula is C15H14N4. The van der Waals surface area contributed by atoms with Gasteiger partial charge in [-0.15, -0.1) is 0 Å². The van der Waals surface area contributed by atoms with Crippen LogP contribution >= 0.6 is 0 Å². The SMILES string of the molecule is NNC(c1ccncn1)c1cccc2ccccc12. The second-order valence-corrected chi connectivity index (χ2v) is 4.30. The number of aromatic nitrogens is 2. The molecule has 4 heteroatoms. The predicted molar refractivity (Wildman–Crippen MR) is 75.1 cm³/mol. The molecule has 19 heavy (non-hydrogen) atoms. The van der Waals surface area contributed by atoms with Gasteiger partial charge in [0.05, 0.1) is 11.7 Å². The maximum atomic E-state index is 5.72. The molecule has 0 aliphatic heterocycles. The highest BCUT2D eigenvalue weighted by Gasteiger charge is 2.15. The van der Waals surface area contributed by atoms with Crippen LogP contribution in [0.5, 0.6) is 0 Å². The van der Waals surface area contributed by atoms with E-state index in [0.717, 1.165) is 11.3 Å². The van der Waals surface area contributed by atoms with Gasteiger partial charge in [0.25, 0.3) is 0 Å². The van der Waals surface area contributed by atoms with Crippen molar-refractivity contribution in [2.24, 2.45) is 5.84 Å². The second kappa shape index (κ2) is 5.14. The summed E-state index contributed by atoms with van der Waals surface area (Å²) >= 11 is 0. The molecule has 2 aromatic carbocycles. The van der Waals surface area contributed by atoms with Gasteiger partial charge < -0.3 is 0 Å². The fourth-order valence-corrected chi connectivity index (χ4v) is 2.31. The molecule has 1 heterocycles. The van der Waals surface area contributed by atoms with Crippen LogP contribution < -0.4 is 11.3 Å². The molecule has 0 aliphatic rings. The molecule has 3 N–H and O–H groups in total. The van der Waals surface area contributed by atoms with E-state index in [-0.39, 0.29) is 6.04 Å². The van der Waals surface area contributed by atoms with Gasteiger partial charge >= 0.3 is 0 Å². The third-order valence-electron chi connectivity index (χ3n) is 3.20. The molecule has 0 saturated carbocycles. The predicted octanol–water partition coefficient (Wildman–Crippen LogP) is 2.18. The zero-order valence-corrected chi connectivity index (χ0v) is 10.3. The lowest BCUT2D eigenvalue weighted by Gasteiger charge is -2.17. The highest BCUT2D eigenvalue weighted by atomic mass is 15.2. The van der Waals surface area contributed by atoms with Gasteiger partial charge in [-0.25, -0.2) is 15.4 Å². The summed E-state index contributed by atoms with van der Waals surface area (Å²) < 4.78 is 0. The normalized spacial score (nSPS) is 12.5. The molecule has 1 atom stereocenters. The van der Waals surface area contributed by atoms with Crippen LogP contribution in [0.4, 0.5) is 0 Å². The summed E-state index contributed by atoms with van der Waals surface area (Å²) in [7, 11) is 0. The zero-order chi connectivity index (χ0) is 13.1. The summed E-state index contributed by atoms with van der Waals surface area (Å²) in [6, 6.07) is 16.1. The van der Waals surface area contributed by atoms with Gasteiger partial charge in [0.2, 0.25) is 0 Å². The van der Waals surface area contributed by atoms with Gasteiger partial charge in [-0.05, 0) is 22.4 Å². The first-order valence-electron chi connectivity index (χ1n) is 6.10. The smallest absolute Gasteiger partial charge is 0.115 e. The Morgan fingerprint density at radius 1 is 1.00 bits per heavy atom. The number of fused-ring (bicyclic) bond motifs is 1. The van der Waals surface area contributed by atoms with Gasteiger partial charge in [0.1, 0.15) is 6.33 Å². The molecular weight excluding hydrogens is 236 g/mol. The van der Waals surface area contributed by atoms with Crippen molar-refractivity contribution < 1.29 is 0 Å². The fourth-order valence-electron chi connectivity index (χ4n) is 2.31. The molecule has 0 aliphatic carbocycles. The Balaban J connectivity index is 2.17. The molecule has 0 radical (unpaired) electrons. The van der Waals surface area contributed by atoms with E-state index in [0.29, 0.717) is 0 Å². The quantitative estimate of drug-likeness (QED) is 0.552. The van der Waals surface area contributed by atoms with Crippen LogP contribution in [0, 0.1) is 0 Å². The van der Waals surface area contributed by atoms with Crippen LogP contribution in [0.25, 0.3) is 10.8 Å². The van der Waals surface area contributed by atoms with Crippen molar-refractivity contribution in [2.45, 2.75) is 6.04 Å². The molecule has 94 valence electrons. The largest absolute Gasteiger partial charge is 0.271 e. The Morgan fingerprint density at radius 2 is 1.84 bits per heavy atom. The van der Waals surface area contributed by atoms with Crippen LogP contribution in [0.15, 0.2) is 61.1 Å². The first kappa shape index (κ1) is 11.8. The summed E-state index contributed by atoms with van der Waals surface area (Å²) in [4.78, 5) is 8.22. The van der Waals surface area contributed by atoms with E-state index in [1.165, 1.54) is 17.1 Å². The molecule has 4 nitrogen and oxygen atoms in total. The lowest BCUT2D eigenvalue weighted by molar-refractivity contribution is 0.622. The Bertz CT molecular complexity index is 677. The third-order valence-corrected chi connectivity index (χ3v) is 3.20. The Labute approximate surface area is 111 Å². The monoisotopic (exact) mass is 250 g/mol. The molecule has 3 aromatic rings. The molecule has 0 bridgehead atoms. The minimum atomic E-state index is -0.144. The Hall–Kier alpha value is -2.30. The average Bonchev–Trinajstić information content (AvgIpc) is 2.49. The van der Waals surface area contributed by atoms with Gasteiger partial charge in [-0.3, -0.25) is 5.84 Å². The number of rotatable bonds is 3. The number of nitrogens with two attached hydrogens (primary N) is 1. The van der Waals surface area contributed by atoms with E-state index < -0.39 is 0 Å². The minimum absolute atomic E-state index is 0.144. The fraction of sp³-hybridized carbons (Fsp3) is 0.0667. The van der Waals surface area contributed by atoms with Crippen LogP contribution in [0.3, 0.4) is 0 Å². The molecule has 3 rings (SSSR count). The van der Waals surface area contributed by atoms with E-state index >= 15 is 0 Å². The van der Waals surface area contributed by atoms with Gasteiger partial charge in [0, 0.05) is 6.20 Å². The lowest BCUT2D eigenvalue weighted by atomic mass is 9.97. The van der Waals surface area contributed by atoms with Crippen molar-refractivity contribution in [3.63, 3.8) is 0 Å². The van der Waals surface area contributed by atoms with E-state index in [2.05, 4.69) is 39.7 Å². The summed E-state index contributed by atoms with van der Waals surface area (Å²) in [5, 5.41) is 2.36. The second-order valence-electron chi connectivity index (χ2n) is 4.30. The summed E-state index contributed by atoms with van der Waals surface area (Å²) in [6.45, 7) is 0. The standard InChI is InChI=1S/C15H14N4/c16-19-15(14-8-9-17-10-18-14)13-7-3-5-11-4-1-2-6-12(11)13/h1-10,15,19H,16H2. The zero-order valence-electron chi connectivity index (χ0n) is 10.3. The first-order valence-corrected chi connectivity index (χ1v) is 6.10. The number of nitrogens with one attached hydrogen (secondary N) is 1. The van der Waals surface area contributed by atoms with Crippen molar-refractivity contribution >= 4 is 10.8 Å². The Kier molecular flexibility index (Phi) is 3.18. The molecule has 1 unspecified atom stereocenters. The topological polar surface area (TPSA) is 63.8 Å². The number of nitrogens with zero attached hydrogens (tertiary/aromatic N) is 2. The van der Waals surface area contributed by atoms with Gasteiger partial charge in [-0.1, -0.05) is 42.5 Å². The summed E-state index contributed by atoms with van der Waals surface area (Å²) in [5.74, 6) is 5.72. The maximum absolute atomic E-state index is 5.72. The minimum Gasteiger partial charge on any atom is -0.271 e. The van der Waals surface area contributed by atoms with E-state index in [9.17, 15) is 0 Å². The highest BCUT2D eigenvalue weighted by molar-refractivity contribution is 5.86. The van der Waals surface area contributed by atoms with Crippen molar-refractivity contribution in [2.75, 3.05) is 0 Å². The summed E-state index contributed by atoms with van der Waals surface area (Å²) in [6.07, 6.45) is 3.25. The number of hydrogen-bond acceptors (Lipinski definition) is 4. The number of benzene rings is 2. The Morgan fingerprint density at radius 3 is 2.63 bits per heavy atom. The molecule has 0 amide bonds. The van der Waals surface area contributed by atoms with Crippen molar-refractivity contribution in [3.05, 3.63) is 72.3 Å². The summed E-state index contributed by atoms with van der Waals surface area (Å²) in [5.41, 5.74) is 4.80. The first-order chi connectivity index (χ1) is 9.40.